The molecule has 1 saturated carbocycles. The predicted molar refractivity (Wildman–Crippen MR) is 96.5 cm³/mol. The fourth-order valence-corrected chi connectivity index (χ4v) is 4.09. The lowest BCUT2D eigenvalue weighted by atomic mass is 9.97. The smallest absolute Gasteiger partial charge is 0.221 e. The van der Waals surface area contributed by atoms with E-state index in [4.69, 9.17) is 11.6 Å². The molecule has 1 amide bonds. The second-order valence-corrected chi connectivity index (χ2v) is 7.52. The summed E-state index contributed by atoms with van der Waals surface area (Å²) in [5.41, 5.74) is 1.15. The second-order valence-electron chi connectivity index (χ2n) is 6.00. The van der Waals surface area contributed by atoms with Gasteiger partial charge in [-0.25, -0.2) is 0 Å². The Morgan fingerprint density at radius 1 is 1.14 bits per heavy atom. The van der Waals surface area contributed by atoms with Crippen LogP contribution in [0, 0.1) is 0 Å². The molecule has 0 aromatic heterocycles. The van der Waals surface area contributed by atoms with E-state index >= 15 is 0 Å². The van der Waals surface area contributed by atoms with Crippen molar-refractivity contribution in [2.24, 2.45) is 0 Å². The van der Waals surface area contributed by atoms with Crippen LogP contribution in [0.5, 0.6) is 0 Å². The summed E-state index contributed by atoms with van der Waals surface area (Å²) in [7, 11) is 0. The van der Waals surface area contributed by atoms with Crippen LogP contribution in [0.1, 0.15) is 56.9 Å². The molecule has 1 aliphatic carbocycles. The first-order chi connectivity index (χ1) is 10.8. The van der Waals surface area contributed by atoms with E-state index in [0.29, 0.717) is 12.5 Å². The van der Waals surface area contributed by atoms with Crippen molar-refractivity contribution in [2.45, 2.75) is 63.2 Å². The minimum Gasteiger partial charge on any atom is -0.353 e. The van der Waals surface area contributed by atoms with Crippen molar-refractivity contribution in [1.29, 1.82) is 0 Å². The summed E-state index contributed by atoms with van der Waals surface area (Å²) in [6.07, 6.45) is 9.42. The zero-order valence-electron chi connectivity index (χ0n) is 13.2. The minimum absolute atomic E-state index is 0.206. The first-order valence-corrected chi connectivity index (χ1v) is 9.89. The minimum atomic E-state index is 0.206. The zero-order chi connectivity index (χ0) is 15.6. The molecule has 0 aliphatic heterocycles. The lowest BCUT2D eigenvalue weighted by molar-refractivity contribution is -0.121. The van der Waals surface area contributed by atoms with Crippen LogP contribution in [-0.2, 0) is 10.5 Å². The summed E-state index contributed by atoms with van der Waals surface area (Å²) in [4.78, 5) is 12.0. The molecule has 1 aromatic rings. The lowest BCUT2D eigenvalue weighted by Crippen LogP contribution is -2.35. The first kappa shape index (κ1) is 17.7. The molecule has 0 unspecified atom stereocenters. The summed E-state index contributed by atoms with van der Waals surface area (Å²) in [6.45, 7) is 0. The Labute approximate surface area is 143 Å². The van der Waals surface area contributed by atoms with Crippen LogP contribution in [-0.4, -0.2) is 17.7 Å². The molecule has 122 valence electrons. The van der Waals surface area contributed by atoms with Gasteiger partial charge >= 0.3 is 0 Å². The van der Waals surface area contributed by atoms with E-state index in [1.807, 2.05) is 24.3 Å². The van der Waals surface area contributed by atoms with Gasteiger partial charge in [0.15, 0.2) is 0 Å². The molecule has 0 atom stereocenters. The molecule has 22 heavy (non-hydrogen) atoms. The number of thioether (sulfide) groups is 1. The molecule has 0 spiro atoms. The molecule has 1 aliphatic rings. The molecule has 0 radical (unpaired) electrons. The number of benzene rings is 1. The van der Waals surface area contributed by atoms with Crippen LogP contribution in [0.3, 0.4) is 0 Å². The Balaban J connectivity index is 1.62. The Hall–Kier alpha value is -0.670. The van der Waals surface area contributed by atoms with Gasteiger partial charge in [-0.05, 0) is 24.5 Å². The van der Waals surface area contributed by atoms with Crippen molar-refractivity contribution in [3.8, 4) is 0 Å². The topological polar surface area (TPSA) is 29.1 Å². The molecule has 2 rings (SSSR count). The highest BCUT2D eigenvalue weighted by molar-refractivity contribution is 7.98. The van der Waals surface area contributed by atoms with Gasteiger partial charge in [0.1, 0.15) is 0 Å². The standard InChI is InChI=1S/C18H26ClNOS/c19-17-11-7-6-8-15(17)14-22-13-12-18(21)20-16-9-4-2-1-3-5-10-16/h6-8,11,16H,1-5,9-10,12-14H2,(H,20,21). The number of rotatable bonds is 6. The van der Waals surface area contributed by atoms with Crippen molar-refractivity contribution >= 4 is 29.3 Å². The maximum Gasteiger partial charge on any atom is 0.221 e. The predicted octanol–water partition coefficient (Wildman–Crippen LogP) is 5.19. The van der Waals surface area contributed by atoms with Gasteiger partial charge in [0.2, 0.25) is 5.91 Å². The van der Waals surface area contributed by atoms with Crippen molar-refractivity contribution in [2.75, 3.05) is 5.75 Å². The van der Waals surface area contributed by atoms with Crippen LogP contribution in [0.2, 0.25) is 5.02 Å². The normalized spacial score (nSPS) is 16.8. The number of carbonyl (C=O) groups is 1. The number of amides is 1. The molecule has 0 bridgehead atoms. The third-order valence-electron chi connectivity index (χ3n) is 4.16. The fourth-order valence-electron chi connectivity index (χ4n) is 2.86. The highest BCUT2D eigenvalue weighted by Gasteiger charge is 2.13. The number of carbonyl (C=O) groups excluding carboxylic acids is 1. The zero-order valence-corrected chi connectivity index (χ0v) is 14.7. The summed E-state index contributed by atoms with van der Waals surface area (Å²) < 4.78 is 0. The van der Waals surface area contributed by atoms with Gasteiger partial charge in [0.25, 0.3) is 0 Å². The first-order valence-electron chi connectivity index (χ1n) is 8.36. The van der Waals surface area contributed by atoms with E-state index in [-0.39, 0.29) is 5.91 Å². The van der Waals surface area contributed by atoms with E-state index in [9.17, 15) is 4.79 Å². The van der Waals surface area contributed by atoms with Crippen molar-refractivity contribution in [3.05, 3.63) is 34.9 Å². The quantitative estimate of drug-likeness (QED) is 0.722. The van der Waals surface area contributed by atoms with Gasteiger partial charge in [0.05, 0.1) is 0 Å². The molecule has 2 nitrogen and oxygen atoms in total. The van der Waals surface area contributed by atoms with Gasteiger partial charge in [-0.15, -0.1) is 0 Å². The van der Waals surface area contributed by atoms with Crippen molar-refractivity contribution < 1.29 is 4.79 Å². The molecule has 1 fully saturated rings. The van der Waals surface area contributed by atoms with Crippen LogP contribution in [0.4, 0.5) is 0 Å². The summed E-state index contributed by atoms with van der Waals surface area (Å²) >= 11 is 7.90. The lowest BCUT2D eigenvalue weighted by Gasteiger charge is -2.21. The highest BCUT2D eigenvalue weighted by atomic mass is 35.5. The maximum atomic E-state index is 12.0. The van der Waals surface area contributed by atoms with E-state index in [1.54, 1.807) is 11.8 Å². The molecule has 0 saturated heterocycles. The van der Waals surface area contributed by atoms with Crippen LogP contribution in [0.15, 0.2) is 24.3 Å². The third-order valence-corrected chi connectivity index (χ3v) is 5.54. The fraction of sp³-hybridized carbons (Fsp3) is 0.611. The van der Waals surface area contributed by atoms with Gasteiger partial charge in [-0.2, -0.15) is 11.8 Å². The third kappa shape index (κ3) is 6.62. The van der Waals surface area contributed by atoms with E-state index in [0.717, 1.165) is 34.9 Å². The van der Waals surface area contributed by atoms with Crippen LogP contribution >= 0.6 is 23.4 Å². The summed E-state index contributed by atoms with van der Waals surface area (Å²) in [5.74, 6) is 1.93. The van der Waals surface area contributed by atoms with Gasteiger partial charge in [-0.3, -0.25) is 4.79 Å². The van der Waals surface area contributed by atoms with Crippen molar-refractivity contribution in [1.82, 2.24) is 5.32 Å². The van der Waals surface area contributed by atoms with Crippen molar-refractivity contribution in [3.63, 3.8) is 0 Å². The van der Waals surface area contributed by atoms with Crippen LogP contribution < -0.4 is 5.32 Å². The molecule has 4 heteroatoms. The largest absolute Gasteiger partial charge is 0.353 e. The number of hydrogen-bond acceptors (Lipinski definition) is 2. The summed E-state index contributed by atoms with van der Waals surface area (Å²) in [6, 6.07) is 8.31. The van der Waals surface area contributed by atoms with Gasteiger partial charge in [-0.1, -0.05) is 61.9 Å². The monoisotopic (exact) mass is 339 g/mol. The molecule has 1 aromatic carbocycles. The second kappa shape index (κ2) is 10.2. The SMILES string of the molecule is O=C(CCSCc1ccccc1Cl)NC1CCCCCCC1. The Morgan fingerprint density at radius 3 is 2.55 bits per heavy atom. The van der Waals surface area contributed by atoms with E-state index in [2.05, 4.69) is 5.32 Å². The molecule has 0 heterocycles. The Morgan fingerprint density at radius 2 is 1.82 bits per heavy atom. The van der Waals surface area contributed by atoms with E-state index in [1.165, 1.54) is 32.1 Å². The van der Waals surface area contributed by atoms with E-state index < -0.39 is 0 Å². The maximum absolute atomic E-state index is 12.0. The summed E-state index contributed by atoms with van der Waals surface area (Å²) in [5, 5.41) is 4.03. The molecular formula is C18H26ClNOS. The number of nitrogens with one attached hydrogen (secondary N) is 1. The molecular weight excluding hydrogens is 314 g/mol. The average molecular weight is 340 g/mol. The van der Waals surface area contributed by atoms with Gasteiger partial charge < -0.3 is 5.32 Å². The Kier molecular flexibility index (Phi) is 8.17. The molecule has 1 N–H and O–H groups in total. The number of halogens is 1. The average Bonchev–Trinajstić information content (AvgIpc) is 2.48. The van der Waals surface area contributed by atoms with Crippen LogP contribution in [0.25, 0.3) is 0 Å². The van der Waals surface area contributed by atoms with Gasteiger partial charge in [0, 0.05) is 29.0 Å². The Bertz CT molecular complexity index is 458. The number of hydrogen-bond donors (Lipinski definition) is 1. The highest BCUT2D eigenvalue weighted by Crippen LogP contribution is 2.21.